The molecule has 1 aromatic carbocycles. The summed E-state index contributed by atoms with van der Waals surface area (Å²) in [5.74, 6) is 0.0466. The maximum atomic E-state index is 13.4. The Hall–Kier alpha value is -1.38. The Morgan fingerprint density at radius 3 is 2.57 bits per heavy atom. The second-order valence-corrected chi connectivity index (χ2v) is 5.28. The lowest BCUT2D eigenvalue weighted by Crippen LogP contribution is -2.41. The van der Waals surface area contributed by atoms with Crippen molar-refractivity contribution in [3.63, 3.8) is 0 Å². The number of carbonyl (C=O) groups excluding carboxylic acids is 1. The highest BCUT2D eigenvalue weighted by atomic mass is 127. The first-order chi connectivity index (χ1) is 10.4. The van der Waals surface area contributed by atoms with Crippen LogP contribution in [0.3, 0.4) is 0 Å². The molecule has 0 saturated carbocycles. The minimum Gasteiger partial charge on any atom is -0.357 e. The van der Waals surface area contributed by atoms with E-state index >= 15 is 0 Å². The fourth-order valence-corrected chi connectivity index (χ4v) is 1.77. The van der Waals surface area contributed by atoms with Gasteiger partial charge in [-0.3, -0.25) is 9.79 Å². The minimum atomic E-state index is -0.374. The van der Waals surface area contributed by atoms with Crippen LogP contribution in [-0.2, 0) is 0 Å². The number of halogens is 2. The molecular weight excluding hydrogens is 410 g/mol. The van der Waals surface area contributed by atoms with Gasteiger partial charge in [-0.05, 0) is 45.4 Å². The minimum absolute atomic E-state index is 0. The van der Waals surface area contributed by atoms with Gasteiger partial charge in [0.1, 0.15) is 5.82 Å². The van der Waals surface area contributed by atoms with Crippen LogP contribution in [0.25, 0.3) is 0 Å². The molecule has 7 heteroatoms. The van der Waals surface area contributed by atoms with Crippen molar-refractivity contribution in [2.75, 3.05) is 19.6 Å². The molecule has 130 valence electrons. The molecule has 0 fully saturated rings. The van der Waals surface area contributed by atoms with E-state index in [2.05, 4.69) is 20.9 Å². The molecule has 0 heterocycles. The van der Waals surface area contributed by atoms with Crippen molar-refractivity contribution in [2.24, 2.45) is 4.99 Å². The van der Waals surface area contributed by atoms with Crippen molar-refractivity contribution in [1.82, 2.24) is 16.0 Å². The number of hydrogen-bond donors (Lipinski definition) is 3. The molecule has 0 spiro atoms. The first-order valence-corrected chi connectivity index (χ1v) is 7.53. The number of nitrogens with zero attached hydrogens (tertiary/aromatic N) is 1. The van der Waals surface area contributed by atoms with Crippen LogP contribution < -0.4 is 16.0 Å². The number of amides is 1. The molecule has 0 aliphatic rings. The molecule has 1 aromatic rings. The average Bonchev–Trinajstić information content (AvgIpc) is 2.45. The Bertz CT molecular complexity index is 535. The third kappa shape index (κ3) is 8.15. The molecule has 0 aliphatic carbocycles. The lowest BCUT2D eigenvalue weighted by molar-refractivity contribution is 0.0954. The number of benzene rings is 1. The third-order valence-corrected chi connectivity index (χ3v) is 2.87. The van der Waals surface area contributed by atoms with E-state index in [1.165, 1.54) is 6.07 Å². The van der Waals surface area contributed by atoms with Crippen LogP contribution in [-0.4, -0.2) is 37.5 Å². The van der Waals surface area contributed by atoms with Gasteiger partial charge < -0.3 is 16.0 Å². The van der Waals surface area contributed by atoms with Crippen LogP contribution >= 0.6 is 24.0 Å². The van der Waals surface area contributed by atoms with Gasteiger partial charge in [-0.1, -0.05) is 6.07 Å². The number of carbonyl (C=O) groups is 1. The van der Waals surface area contributed by atoms with Gasteiger partial charge in [0, 0.05) is 24.7 Å². The Morgan fingerprint density at radius 1 is 1.30 bits per heavy atom. The van der Waals surface area contributed by atoms with Crippen molar-refractivity contribution in [3.05, 3.63) is 35.1 Å². The van der Waals surface area contributed by atoms with E-state index in [9.17, 15) is 9.18 Å². The summed E-state index contributed by atoms with van der Waals surface area (Å²) in [7, 11) is 0. The predicted molar refractivity (Wildman–Crippen MR) is 103 cm³/mol. The maximum Gasteiger partial charge on any atom is 0.251 e. The zero-order valence-electron chi connectivity index (χ0n) is 14.1. The predicted octanol–water partition coefficient (Wildman–Crippen LogP) is 2.45. The summed E-state index contributed by atoms with van der Waals surface area (Å²) in [4.78, 5) is 16.3. The van der Waals surface area contributed by atoms with E-state index in [1.54, 1.807) is 19.1 Å². The Labute approximate surface area is 154 Å². The Kier molecular flexibility index (Phi) is 10.5. The number of guanidine groups is 1. The Morgan fingerprint density at radius 2 is 2.00 bits per heavy atom. The smallest absolute Gasteiger partial charge is 0.251 e. The van der Waals surface area contributed by atoms with Crippen molar-refractivity contribution < 1.29 is 9.18 Å². The molecule has 0 unspecified atom stereocenters. The van der Waals surface area contributed by atoms with Gasteiger partial charge in [0.15, 0.2) is 5.96 Å². The van der Waals surface area contributed by atoms with Crippen molar-refractivity contribution >= 4 is 35.8 Å². The van der Waals surface area contributed by atoms with E-state index in [0.29, 0.717) is 30.2 Å². The normalized spacial score (nSPS) is 11.0. The highest BCUT2D eigenvalue weighted by Gasteiger charge is 2.07. The summed E-state index contributed by atoms with van der Waals surface area (Å²) in [6.45, 7) is 9.32. The van der Waals surface area contributed by atoms with Crippen LogP contribution in [0.5, 0.6) is 0 Å². The van der Waals surface area contributed by atoms with Crippen molar-refractivity contribution in [2.45, 2.75) is 33.7 Å². The van der Waals surface area contributed by atoms with Crippen LogP contribution in [0, 0.1) is 12.7 Å². The molecular formula is C16H26FIN4O. The lowest BCUT2D eigenvalue weighted by Gasteiger charge is -2.14. The highest BCUT2D eigenvalue weighted by molar-refractivity contribution is 14.0. The number of nitrogens with one attached hydrogen (secondary N) is 3. The first-order valence-electron chi connectivity index (χ1n) is 7.53. The van der Waals surface area contributed by atoms with Gasteiger partial charge in [-0.2, -0.15) is 0 Å². The van der Waals surface area contributed by atoms with Gasteiger partial charge >= 0.3 is 0 Å². The van der Waals surface area contributed by atoms with Crippen LogP contribution in [0.15, 0.2) is 23.2 Å². The van der Waals surface area contributed by atoms with E-state index in [0.717, 1.165) is 6.54 Å². The topological polar surface area (TPSA) is 65.5 Å². The zero-order valence-corrected chi connectivity index (χ0v) is 16.4. The van der Waals surface area contributed by atoms with Crippen LogP contribution in [0.4, 0.5) is 4.39 Å². The molecule has 0 atom stereocenters. The van der Waals surface area contributed by atoms with E-state index in [4.69, 9.17) is 0 Å². The lowest BCUT2D eigenvalue weighted by atomic mass is 10.1. The highest BCUT2D eigenvalue weighted by Crippen LogP contribution is 2.08. The molecule has 0 aromatic heterocycles. The van der Waals surface area contributed by atoms with Gasteiger partial charge in [0.25, 0.3) is 5.91 Å². The number of rotatable bonds is 6. The molecule has 5 nitrogen and oxygen atoms in total. The van der Waals surface area contributed by atoms with Gasteiger partial charge in [0.05, 0.1) is 6.54 Å². The Balaban J connectivity index is 0.00000484. The molecule has 3 N–H and O–H groups in total. The molecule has 0 radical (unpaired) electrons. The molecule has 0 aliphatic heterocycles. The van der Waals surface area contributed by atoms with Crippen molar-refractivity contribution in [1.29, 1.82) is 0 Å². The SMILES string of the molecule is CCNC(=NCCNC(=O)c1ccc(C)c(F)c1)NC(C)C.I. The summed E-state index contributed by atoms with van der Waals surface area (Å²) >= 11 is 0. The largest absolute Gasteiger partial charge is 0.357 e. The van der Waals surface area contributed by atoms with E-state index in [-0.39, 0.29) is 41.7 Å². The number of aryl methyl sites for hydroxylation is 1. The van der Waals surface area contributed by atoms with Crippen LogP contribution in [0.2, 0.25) is 0 Å². The summed E-state index contributed by atoms with van der Waals surface area (Å²) < 4.78 is 13.4. The van der Waals surface area contributed by atoms with Gasteiger partial charge in [-0.25, -0.2) is 4.39 Å². The molecule has 1 rings (SSSR count). The molecule has 23 heavy (non-hydrogen) atoms. The number of hydrogen-bond acceptors (Lipinski definition) is 2. The summed E-state index contributed by atoms with van der Waals surface area (Å²) in [5, 5.41) is 9.04. The second-order valence-electron chi connectivity index (χ2n) is 5.28. The van der Waals surface area contributed by atoms with E-state index < -0.39 is 0 Å². The average molecular weight is 436 g/mol. The maximum absolute atomic E-state index is 13.4. The molecule has 1 amide bonds. The molecule has 0 saturated heterocycles. The zero-order chi connectivity index (χ0) is 16.5. The monoisotopic (exact) mass is 436 g/mol. The van der Waals surface area contributed by atoms with E-state index in [1.807, 2.05) is 20.8 Å². The van der Waals surface area contributed by atoms with Crippen molar-refractivity contribution in [3.8, 4) is 0 Å². The summed E-state index contributed by atoms with van der Waals surface area (Å²) in [6, 6.07) is 4.74. The van der Waals surface area contributed by atoms with Gasteiger partial charge in [-0.15, -0.1) is 24.0 Å². The summed E-state index contributed by atoms with van der Waals surface area (Å²) in [5.41, 5.74) is 0.843. The molecule has 0 bridgehead atoms. The fraction of sp³-hybridized carbons (Fsp3) is 0.500. The fourth-order valence-electron chi connectivity index (χ4n) is 1.77. The van der Waals surface area contributed by atoms with Gasteiger partial charge in [0.2, 0.25) is 0 Å². The second kappa shape index (κ2) is 11.2. The number of aliphatic imine (C=N–C) groups is 1. The summed E-state index contributed by atoms with van der Waals surface area (Å²) in [6.07, 6.45) is 0. The standard InChI is InChI=1S/C16H25FN4O.HI/c1-5-18-16(21-11(2)3)20-9-8-19-15(22)13-7-6-12(4)14(17)10-13;/h6-7,10-11H,5,8-9H2,1-4H3,(H,19,22)(H2,18,20,21);1H. The first kappa shape index (κ1) is 21.6. The quantitative estimate of drug-likeness (QED) is 0.278. The van der Waals surface area contributed by atoms with Crippen LogP contribution in [0.1, 0.15) is 36.7 Å². The third-order valence-electron chi connectivity index (χ3n) is 2.87.